The molecule has 4 nitrogen and oxygen atoms in total. The molecule has 0 atom stereocenters. The summed E-state index contributed by atoms with van der Waals surface area (Å²) in [6.07, 6.45) is 4.79. The normalized spacial score (nSPS) is 10.3. The summed E-state index contributed by atoms with van der Waals surface area (Å²) in [5.74, 6) is 0.155. The van der Waals surface area contributed by atoms with Crippen LogP contribution in [-0.2, 0) is 17.6 Å². The van der Waals surface area contributed by atoms with Gasteiger partial charge in [0, 0.05) is 42.2 Å². The van der Waals surface area contributed by atoms with E-state index in [0.717, 1.165) is 16.8 Å². The topological polar surface area (TPSA) is 82.0 Å². The Hall–Kier alpha value is -2.36. The molecule has 0 bridgehead atoms. The van der Waals surface area contributed by atoms with Gasteiger partial charge in [-0.1, -0.05) is 12.1 Å². The molecule has 0 aliphatic rings. The van der Waals surface area contributed by atoms with E-state index in [2.05, 4.69) is 4.98 Å². The molecule has 0 radical (unpaired) electrons. The number of rotatable bonds is 5. The van der Waals surface area contributed by atoms with Crippen LogP contribution in [0.3, 0.4) is 0 Å². The van der Waals surface area contributed by atoms with Crippen LogP contribution in [0.2, 0.25) is 0 Å². The van der Waals surface area contributed by atoms with Gasteiger partial charge in [-0.3, -0.25) is 9.78 Å². The summed E-state index contributed by atoms with van der Waals surface area (Å²) in [5.41, 5.74) is 14.7. The second kappa shape index (κ2) is 6.00. The number of anilines is 2. The van der Waals surface area contributed by atoms with Crippen molar-refractivity contribution in [3.8, 4) is 0 Å². The Morgan fingerprint density at radius 2 is 2.05 bits per heavy atom. The van der Waals surface area contributed by atoms with Gasteiger partial charge in [-0.25, -0.2) is 0 Å². The Balaban J connectivity index is 1.90. The first kappa shape index (κ1) is 13.1. The predicted octanol–water partition coefficient (Wildman–Crippen LogP) is 1.99. The molecule has 0 aliphatic carbocycles. The van der Waals surface area contributed by atoms with Crippen molar-refractivity contribution in [2.45, 2.75) is 19.3 Å². The van der Waals surface area contributed by atoms with Gasteiger partial charge >= 0.3 is 0 Å². The van der Waals surface area contributed by atoms with Crippen molar-refractivity contribution in [3.05, 3.63) is 53.9 Å². The number of hydrogen-bond acceptors (Lipinski definition) is 4. The van der Waals surface area contributed by atoms with Gasteiger partial charge in [-0.05, 0) is 30.2 Å². The summed E-state index contributed by atoms with van der Waals surface area (Å²) >= 11 is 0. The number of Topliss-reactive ketones (excluding diaryl/α,β-unsaturated/α-hetero) is 1. The number of nitrogens with two attached hydrogens (primary N) is 2. The lowest BCUT2D eigenvalue weighted by atomic mass is 10.0. The highest BCUT2D eigenvalue weighted by atomic mass is 16.1. The van der Waals surface area contributed by atoms with E-state index in [1.165, 1.54) is 0 Å². The van der Waals surface area contributed by atoms with E-state index in [1.54, 1.807) is 18.5 Å². The lowest BCUT2D eigenvalue weighted by molar-refractivity contribution is -0.118. The van der Waals surface area contributed by atoms with Crippen LogP contribution in [0.15, 0.2) is 42.7 Å². The molecule has 0 aliphatic heterocycles. The molecule has 1 heterocycles. The molecule has 0 fully saturated rings. The van der Waals surface area contributed by atoms with Crippen LogP contribution in [0, 0.1) is 0 Å². The summed E-state index contributed by atoms with van der Waals surface area (Å²) in [4.78, 5) is 15.9. The van der Waals surface area contributed by atoms with Crippen LogP contribution >= 0.6 is 0 Å². The third-order valence-corrected chi connectivity index (χ3v) is 2.97. The molecule has 0 saturated carbocycles. The number of nitrogens with zero attached hydrogens (tertiary/aromatic N) is 1. The van der Waals surface area contributed by atoms with Crippen molar-refractivity contribution in [2.24, 2.45) is 0 Å². The molecule has 1 aromatic carbocycles. The lowest BCUT2D eigenvalue weighted by Gasteiger charge is -2.05. The van der Waals surface area contributed by atoms with Crippen molar-refractivity contribution < 1.29 is 4.79 Å². The van der Waals surface area contributed by atoms with Crippen LogP contribution in [0.25, 0.3) is 0 Å². The highest BCUT2D eigenvalue weighted by Crippen LogP contribution is 2.13. The summed E-state index contributed by atoms with van der Waals surface area (Å²) in [5, 5.41) is 0. The second-order valence-corrected chi connectivity index (χ2v) is 4.53. The maximum absolute atomic E-state index is 11.9. The number of pyridine rings is 1. The standard InChI is InChI=1S/C15H17N3O/c16-13-3-1-2-11(8-13)4-5-14(19)9-12-10-18-7-6-15(12)17/h1-3,6-8,10H,4-5,9,16H2,(H2,17,18). The molecule has 2 aromatic rings. The number of carbonyl (C=O) groups excluding carboxylic acids is 1. The highest BCUT2D eigenvalue weighted by Gasteiger charge is 2.07. The number of nitrogen functional groups attached to an aromatic ring is 2. The van der Waals surface area contributed by atoms with Gasteiger partial charge in [-0.2, -0.15) is 0 Å². The van der Waals surface area contributed by atoms with Crippen molar-refractivity contribution in [2.75, 3.05) is 11.5 Å². The van der Waals surface area contributed by atoms with Gasteiger partial charge < -0.3 is 11.5 Å². The van der Waals surface area contributed by atoms with Crippen LogP contribution in [0.4, 0.5) is 11.4 Å². The number of aryl methyl sites for hydroxylation is 1. The SMILES string of the molecule is Nc1cccc(CCC(=O)Cc2cnccc2N)c1. The van der Waals surface area contributed by atoms with Gasteiger partial charge in [0.1, 0.15) is 5.78 Å². The van der Waals surface area contributed by atoms with E-state index < -0.39 is 0 Å². The number of hydrogen-bond donors (Lipinski definition) is 2. The van der Waals surface area contributed by atoms with Crippen LogP contribution in [-0.4, -0.2) is 10.8 Å². The van der Waals surface area contributed by atoms with Crippen molar-refractivity contribution in [1.29, 1.82) is 0 Å². The Morgan fingerprint density at radius 3 is 2.79 bits per heavy atom. The zero-order valence-electron chi connectivity index (χ0n) is 10.7. The predicted molar refractivity (Wildman–Crippen MR) is 76.5 cm³/mol. The Kier molecular flexibility index (Phi) is 4.13. The minimum Gasteiger partial charge on any atom is -0.399 e. The molecule has 0 spiro atoms. The van der Waals surface area contributed by atoms with Gasteiger partial charge in [0.25, 0.3) is 0 Å². The average molecular weight is 255 g/mol. The third kappa shape index (κ3) is 3.81. The first-order chi connectivity index (χ1) is 9.15. The molecule has 4 heteroatoms. The van der Waals surface area contributed by atoms with E-state index in [4.69, 9.17) is 11.5 Å². The second-order valence-electron chi connectivity index (χ2n) is 4.53. The zero-order valence-corrected chi connectivity index (χ0v) is 10.7. The summed E-state index contributed by atoms with van der Waals surface area (Å²) in [6, 6.07) is 9.31. The molecule has 1 aromatic heterocycles. The maximum atomic E-state index is 11.9. The fraction of sp³-hybridized carbons (Fsp3) is 0.200. The number of aromatic nitrogens is 1. The van der Waals surface area contributed by atoms with Crippen molar-refractivity contribution in [3.63, 3.8) is 0 Å². The first-order valence-corrected chi connectivity index (χ1v) is 6.19. The van der Waals surface area contributed by atoms with Crippen LogP contribution < -0.4 is 11.5 Å². The largest absolute Gasteiger partial charge is 0.399 e. The van der Waals surface area contributed by atoms with Gasteiger partial charge in [0.2, 0.25) is 0 Å². The third-order valence-electron chi connectivity index (χ3n) is 2.97. The molecular formula is C15H17N3O. The highest BCUT2D eigenvalue weighted by molar-refractivity contribution is 5.82. The smallest absolute Gasteiger partial charge is 0.137 e. The van der Waals surface area contributed by atoms with Crippen molar-refractivity contribution in [1.82, 2.24) is 4.98 Å². The van der Waals surface area contributed by atoms with E-state index in [1.807, 2.05) is 24.3 Å². The van der Waals surface area contributed by atoms with Crippen LogP contribution in [0.5, 0.6) is 0 Å². The summed E-state index contributed by atoms with van der Waals surface area (Å²) < 4.78 is 0. The van der Waals surface area contributed by atoms with Crippen LogP contribution in [0.1, 0.15) is 17.5 Å². The Bertz CT molecular complexity index is 581. The number of ketones is 1. The molecule has 4 N–H and O–H groups in total. The minimum atomic E-state index is 0.155. The lowest BCUT2D eigenvalue weighted by Crippen LogP contribution is -2.07. The molecule has 0 amide bonds. The Labute approximate surface area is 112 Å². The Morgan fingerprint density at radius 1 is 1.21 bits per heavy atom. The summed E-state index contributed by atoms with van der Waals surface area (Å²) in [7, 11) is 0. The average Bonchev–Trinajstić information content (AvgIpc) is 2.39. The minimum absolute atomic E-state index is 0.155. The molecule has 0 unspecified atom stereocenters. The van der Waals surface area contributed by atoms with E-state index in [-0.39, 0.29) is 5.78 Å². The van der Waals surface area contributed by atoms with Gasteiger partial charge in [0.05, 0.1) is 0 Å². The molecular weight excluding hydrogens is 238 g/mol. The van der Waals surface area contributed by atoms with E-state index in [9.17, 15) is 4.79 Å². The molecule has 2 rings (SSSR count). The van der Waals surface area contributed by atoms with Crippen molar-refractivity contribution >= 4 is 17.2 Å². The fourth-order valence-electron chi connectivity index (χ4n) is 1.92. The molecule has 19 heavy (non-hydrogen) atoms. The monoisotopic (exact) mass is 255 g/mol. The van der Waals surface area contributed by atoms with E-state index in [0.29, 0.717) is 24.9 Å². The maximum Gasteiger partial charge on any atom is 0.137 e. The molecule has 0 saturated heterocycles. The van der Waals surface area contributed by atoms with Gasteiger partial charge in [0.15, 0.2) is 0 Å². The summed E-state index contributed by atoms with van der Waals surface area (Å²) in [6.45, 7) is 0. The zero-order chi connectivity index (χ0) is 13.7. The van der Waals surface area contributed by atoms with E-state index >= 15 is 0 Å². The first-order valence-electron chi connectivity index (χ1n) is 6.19. The molecule has 98 valence electrons. The number of carbonyl (C=O) groups is 1. The quantitative estimate of drug-likeness (QED) is 0.800. The number of benzene rings is 1. The fourth-order valence-corrected chi connectivity index (χ4v) is 1.92. The van der Waals surface area contributed by atoms with Gasteiger partial charge in [-0.15, -0.1) is 0 Å².